The summed E-state index contributed by atoms with van der Waals surface area (Å²) in [5.74, 6) is -1.07. The van der Waals surface area contributed by atoms with Crippen LogP contribution in [0.4, 0.5) is 5.69 Å². The van der Waals surface area contributed by atoms with Crippen LogP contribution in [0.5, 0.6) is 0 Å². The SMILES string of the molecule is CCCOC(=O)c1ccc(/C=C2\N=C(c3cccc([N+](=O)[O-])c3)OC2=O)cc1. The van der Waals surface area contributed by atoms with Gasteiger partial charge in [0.25, 0.3) is 5.69 Å². The minimum absolute atomic E-state index is 0.000265. The van der Waals surface area contributed by atoms with Crippen LogP contribution in [0.25, 0.3) is 6.08 Å². The number of hydrogen-bond acceptors (Lipinski definition) is 7. The smallest absolute Gasteiger partial charge is 0.363 e. The predicted molar refractivity (Wildman–Crippen MR) is 101 cm³/mol. The van der Waals surface area contributed by atoms with Crippen molar-refractivity contribution in [1.82, 2.24) is 0 Å². The molecule has 2 aromatic rings. The molecule has 142 valence electrons. The van der Waals surface area contributed by atoms with Gasteiger partial charge in [-0.2, -0.15) is 0 Å². The summed E-state index contributed by atoms with van der Waals surface area (Å²) in [6.07, 6.45) is 2.25. The molecule has 1 heterocycles. The van der Waals surface area contributed by atoms with E-state index in [2.05, 4.69) is 4.99 Å². The molecule has 0 saturated heterocycles. The number of benzene rings is 2. The fourth-order valence-electron chi connectivity index (χ4n) is 2.44. The van der Waals surface area contributed by atoms with Crippen LogP contribution < -0.4 is 0 Å². The summed E-state index contributed by atoms with van der Waals surface area (Å²) in [6.45, 7) is 2.26. The molecule has 0 radical (unpaired) electrons. The van der Waals surface area contributed by atoms with E-state index >= 15 is 0 Å². The number of nitro benzene ring substituents is 1. The summed E-state index contributed by atoms with van der Waals surface area (Å²) in [6, 6.07) is 12.2. The van der Waals surface area contributed by atoms with Gasteiger partial charge in [-0.15, -0.1) is 0 Å². The van der Waals surface area contributed by atoms with Crippen molar-refractivity contribution in [3.8, 4) is 0 Å². The van der Waals surface area contributed by atoms with Gasteiger partial charge in [0.15, 0.2) is 5.70 Å². The minimum atomic E-state index is -0.659. The molecular weight excluding hydrogens is 364 g/mol. The molecule has 0 fully saturated rings. The molecule has 1 aliphatic rings. The van der Waals surface area contributed by atoms with Gasteiger partial charge in [-0.3, -0.25) is 10.1 Å². The van der Waals surface area contributed by atoms with Crippen molar-refractivity contribution in [3.05, 3.63) is 81.0 Å². The third-order valence-corrected chi connectivity index (χ3v) is 3.81. The molecule has 3 rings (SSSR count). The van der Waals surface area contributed by atoms with Crippen LogP contribution >= 0.6 is 0 Å². The van der Waals surface area contributed by atoms with Crippen molar-refractivity contribution >= 4 is 29.6 Å². The van der Waals surface area contributed by atoms with Crippen LogP contribution in [0.3, 0.4) is 0 Å². The first-order valence-corrected chi connectivity index (χ1v) is 8.52. The average Bonchev–Trinajstić information content (AvgIpc) is 3.07. The Balaban J connectivity index is 1.80. The van der Waals surface area contributed by atoms with Crippen molar-refractivity contribution in [2.24, 2.45) is 4.99 Å². The lowest BCUT2D eigenvalue weighted by Gasteiger charge is -2.03. The molecule has 0 unspecified atom stereocenters. The molecule has 0 bridgehead atoms. The number of carbonyl (C=O) groups excluding carboxylic acids is 2. The largest absolute Gasteiger partial charge is 0.462 e. The number of nitrogens with zero attached hydrogens (tertiary/aromatic N) is 2. The lowest BCUT2D eigenvalue weighted by Crippen LogP contribution is -2.06. The Morgan fingerprint density at radius 2 is 2.00 bits per heavy atom. The molecule has 0 N–H and O–H groups in total. The molecule has 0 aromatic heterocycles. The van der Waals surface area contributed by atoms with Gasteiger partial charge in [0.2, 0.25) is 5.90 Å². The third kappa shape index (κ3) is 4.29. The first-order valence-electron chi connectivity index (χ1n) is 8.52. The van der Waals surface area contributed by atoms with Gasteiger partial charge < -0.3 is 9.47 Å². The molecular formula is C20H16N2O6. The first kappa shape index (κ1) is 19.0. The second-order valence-corrected chi connectivity index (χ2v) is 5.90. The van der Waals surface area contributed by atoms with E-state index < -0.39 is 16.9 Å². The molecule has 0 atom stereocenters. The molecule has 28 heavy (non-hydrogen) atoms. The molecule has 8 nitrogen and oxygen atoms in total. The lowest BCUT2D eigenvalue weighted by atomic mass is 10.1. The van der Waals surface area contributed by atoms with Crippen molar-refractivity contribution in [2.75, 3.05) is 6.61 Å². The molecule has 0 amide bonds. The Kier molecular flexibility index (Phi) is 5.59. The Labute approximate surface area is 160 Å². The Morgan fingerprint density at radius 3 is 2.68 bits per heavy atom. The number of non-ortho nitro benzene ring substituents is 1. The fraction of sp³-hybridized carbons (Fsp3) is 0.150. The van der Waals surface area contributed by atoms with Gasteiger partial charge in [-0.1, -0.05) is 25.1 Å². The fourth-order valence-corrected chi connectivity index (χ4v) is 2.44. The Hall–Kier alpha value is -3.81. The molecule has 8 heteroatoms. The zero-order chi connectivity index (χ0) is 20.1. The number of rotatable bonds is 6. The van der Waals surface area contributed by atoms with E-state index in [1.807, 2.05) is 6.92 Å². The minimum Gasteiger partial charge on any atom is -0.462 e. The number of cyclic esters (lactones) is 1. The molecule has 0 spiro atoms. The van der Waals surface area contributed by atoms with Gasteiger partial charge in [-0.05, 0) is 36.3 Å². The van der Waals surface area contributed by atoms with Crippen LogP contribution in [0.15, 0.2) is 59.2 Å². The van der Waals surface area contributed by atoms with Crippen LogP contribution in [-0.4, -0.2) is 29.4 Å². The monoisotopic (exact) mass is 380 g/mol. The van der Waals surface area contributed by atoms with Gasteiger partial charge >= 0.3 is 11.9 Å². The second kappa shape index (κ2) is 8.26. The van der Waals surface area contributed by atoms with Crippen LogP contribution in [0.2, 0.25) is 0 Å². The van der Waals surface area contributed by atoms with E-state index in [0.29, 0.717) is 23.3 Å². The highest BCUT2D eigenvalue weighted by atomic mass is 16.6. The summed E-state index contributed by atoms with van der Waals surface area (Å²) in [4.78, 5) is 38.3. The van der Waals surface area contributed by atoms with Gasteiger partial charge in [0, 0.05) is 17.7 Å². The second-order valence-electron chi connectivity index (χ2n) is 5.90. The number of carbonyl (C=O) groups is 2. The van der Waals surface area contributed by atoms with Crippen LogP contribution in [0, 0.1) is 10.1 Å². The normalized spacial score (nSPS) is 14.5. The zero-order valence-electron chi connectivity index (χ0n) is 15.0. The maximum absolute atomic E-state index is 12.1. The summed E-state index contributed by atoms with van der Waals surface area (Å²) in [7, 11) is 0. The number of hydrogen-bond donors (Lipinski definition) is 0. The van der Waals surface area contributed by atoms with E-state index in [0.717, 1.165) is 6.42 Å². The van der Waals surface area contributed by atoms with Crippen molar-refractivity contribution < 1.29 is 24.0 Å². The molecule has 2 aromatic carbocycles. The van der Waals surface area contributed by atoms with Crippen molar-refractivity contribution in [3.63, 3.8) is 0 Å². The highest BCUT2D eigenvalue weighted by Gasteiger charge is 2.25. The summed E-state index contributed by atoms with van der Waals surface area (Å²) in [5.41, 5.74) is 1.32. The van der Waals surface area contributed by atoms with Crippen molar-refractivity contribution in [2.45, 2.75) is 13.3 Å². The van der Waals surface area contributed by atoms with E-state index in [1.54, 1.807) is 30.3 Å². The van der Waals surface area contributed by atoms with Crippen molar-refractivity contribution in [1.29, 1.82) is 0 Å². The highest BCUT2D eigenvalue weighted by Crippen LogP contribution is 2.22. The Morgan fingerprint density at radius 1 is 1.25 bits per heavy atom. The van der Waals surface area contributed by atoms with Gasteiger partial charge in [0.1, 0.15) is 0 Å². The molecule has 0 aliphatic carbocycles. The summed E-state index contributed by atoms with van der Waals surface area (Å²) in [5, 5.41) is 10.9. The highest BCUT2D eigenvalue weighted by molar-refractivity contribution is 6.13. The molecule has 0 saturated carbocycles. The average molecular weight is 380 g/mol. The van der Waals surface area contributed by atoms with Gasteiger partial charge in [-0.25, -0.2) is 14.6 Å². The zero-order valence-corrected chi connectivity index (χ0v) is 15.0. The lowest BCUT2D eigenvalue weighted by molar-refractivity contribution is -0.384. The summed E-state index contributed by atoms with van der Waals surface area (Å²) < 4.78 is 10.2. The first-order chi connectivity index (χ1) is 13.5. The van der Waals surface area contributed by atoms with E-state index in [9.17, 15) is 19.7 Å². The number of esters is 2. The van der Waals surface area contributed by atoms with Crippen LogP contribution in [-0.2, 0) is 14.3 Å². The topological polar surface area (TPSA) is 108 Å². The van der Waals surface area contributed by atoms with E-state index in [1.165, 1.54) is 24.3 Å². The number of nitro groups is 1. The maximum atomic E-state index is 12.1. The standard InChI is InChI=1S/C20H16N2O6/c1-2-10-27-19(23)14-8-6-13(7-9-14)11-17-20(24)28-18(21-17)15-4-3-5-16(12-15)22(25)26/h3-9,11-12H,2,10H2,1H3/b17-11-. The predicted octanol–water partition coefficient (Wildman–Crippen LogP) is 3.51. The number of aliphatic imine (C=N–C) groups is 1. The molecule has 1 aliphatic heterocycles. The quantitative estimate of drug-likeness (QED) is 0.328. The Bertz CT molecular complexity index is 992. The van der Waals surface area contributed by atoms with E-state index in [-0.39, 0.29) is 17.3 Å². The van der Waals surface area contributed by atoms with E-state index in [4.69, 9.17) is 9.47 Å². The third-order valence-electron chi connectivity index (χ3n) is 3.81. The van der Waals surface area contributed by atoms with Gasteiger partial charge in [0.05, 0.1) is 17.1 Å². The van der Waals surface area contributed by atoms with Crippen LogP contribution in [0.1, 0.15) is 34.8 Å². The number of ether oxygens (including phenoxy) is 2. The summed E-state index contributed by atoms with van der Waals surface area (Å²) >= 11 is 0. The maximum Gasteiger partial charge on any atom is 0.363 e.